The molecule has 1 N–H and O–H groups in total. The Morgan fingerprint density at radius 2 is 1.73 bits per heavy atom. The van der Waals surface area contributed by atoms with Crippen LogP contribution in [0.5, 0.6) is 11.5 Å². The van der Waals surface area contributed by atoms with Crippen LogP contribution in [-0.4, -0.2) is 43.1 Å². The Hall–Kier alpha value is -3.35. The van der Waals surface area contributed by atoms with Crippen LogP contribution in [0.3, 0.4) is 0 Å². The number of methoxy groups -OCH3 is 2. The molecule has 3 aromatic rings. The summed E-state index contributed by atoms with van der Waals surface area (Å²) in [7, 11) is 3.14. The van der Waals surface area contributed by atoms with Gasteiger partial charge in [-0.1, -0.05) is 0 Å². The fourth-order valence-corrected chi connectivity index (χ4v) is 3.75. The largest absolute Gasteiger partial charge is 0.497 e. The van der Waals surface area contributed by atoms with E-state index in [1.54, 1.807) is 44.7 Å². The van der Waals surface area contributed by atoms with Crippen molar-refractivity contribution in [2.75, 3.05) is 32.6 Å². The average molecular weight is 409 g/mol. The van der Waals surface area contributed by atoms with E-state index in [0.717, 1.165) is 19.3 Å². The lowest BCUT2D eigenvalue weighted by Crippen LogP contribution is -2.36. The number of carbonyl (C=O) groups excluding carboxylic acids is 1. The lowest BCUT2D eigenvalue weighted by atomic mass is 10.1. The van der Waals surface area contributed by atoms with Gasteiger partial charge in [-0.05, 0) is 37.5 Å². The summed E-state index contributed by atoms with van der Waals surface area (Å²) in [6.45, 7) is 1.43. The molecule has 0 unspecified atom stereocenters. The normalized spacial score (nSPS) is 13.9. The third kappa shape index (κ3) is 4.01. The van der Waals surface area contributed by atoms with Crippen LogP contribution in [0.25, 0.3) is 10.9 Å². The van der Waals surface area contributed by atoms with Crippen molar-refractivity contribution in [2.45, 2.75) is 19.3 Å². The molecule has 0 spiro atoms. The molecule has 0 aliphatic carbocycles. The zero-order chi connectivity index (χ0) is 21.1. The number of hydrogen-bond acceptors (Lipinski definition) is 5. The predicted molar refractivity (Wildman–Crippen MR) is 114 cm³/mol. The number of likely N-dealkylation sites (tertiary alicyclic amines) is 1. The van der Waals surface area contributed by atoms with Crippen LogP contribution in [-0.2, 0) is 0 Å². The molecule has 0 bridgehead atoms. The summed E-state index contributed by atoms with van der Waals surface area (Å²) in [6.07, 6.45) is 4.66. The van der Waals surface area contributed by atoms with Crippen LogP contribution in [0.15, 0.2) is 42.6 Å². The summed E-state index contributed by atoms with van der Waals surface area (Å²) in [4.78, 5) is 19.5. The van der Waals surface area contributed by atoms with Crippen molar-refractivity contribution in [3.05, 3.63) is 54.0 Å². The van der Waals surface area contributed by atoms with Crippen molar-refractivity contribution in [2.24, 2.45) is 0 Å². The molecule has 1 saturated heterocycles. The lowest BCUT2D eigenvalue weighted by Gasteiger charge is -2.27. The van der Waals surface area contributed by atoms with Crippen LogP contribution >= 0.6 is 0 Å². The highest BCUT2D eigenvalue weighted by atomic mass is 19.1. The monoisotopic (exact) mass is 409 g/mol. The number of nitrogens with one attached hydrogen (secondary N) is 1. The van der Waals surface area contributed by atoms with Gasteiger partial charge in [0.15, 0.2) is 0 Å². The zero-order valence-electron chi connectivity index (χ0n) is 17.1. The zero-order valence-corrected chi connectivity index (χ0v) is 17.1. The fraction of sp³-hybridized carbons (Fsp3) is 0.304. The Bertz CT molecular complexity index is 1060. The maximum absolute atomic E-state index is 14.1. The molecule has 1 aromatic heterocycles. The molecule has 4 rings (SSSR count). The summed E-state index contributed by atoms with van der Waals surface area (Å²) < 4.78 is 24.8. The van der Waals surface area contributed by atoms with Gasteiger partial charge in [-0.2, -0.15) is 0 Å². The molecule has 156 valence electrons. The first-order valence-corrected chi connectivity index (χ1v) is 9.96. The summed E-state index contributed by atoms with van der Waals surface area (Å²) in [5.74, 6) is 0.708. The van der Waals surface area contributed by atoms with Crippen LogP contribution in [0.2, 0.25) is 0 Å². The van der Waals surface area contributed by atoms with Crippen molar-refractivity contribution < 1.29 is 18.7 Å². The van der Waals surface area contributed by atoms with Gasteiger partial charge in [-0.3, -0.25) is 9.78 Å². The van der Waals surface area contributed by atoms with Gasteiger partial charge in [0.05, 0.1) is 31.0 Å². The number of aromatic nitrogens is 1. The summed E-state index contributed by atoms with van der Waals surface area (Å²) in [6, 6.07) is 9.72. The van der Waals surface area contributed by atoms with Crippen molar-refractivity contribution >= 4 is 28.2 Å². The molecule has 1 aliphatic rings. The molecule has 0 atom stereocenters. The first kappa shape index (κ1) is 19.9. The van der Waals surface area contributed by atoms with Gasteiger partial charge in [0.25, 0.3) is 5.91 Å². The van der Waals surface area contributed by atoms with Gasteiger partial charge in [-0.25, -0.2) is 4.39 Å². The Morgan fingerprint density at radius 1 is 1.03 bits per heavy atom. The van der Waals surface area contributed by atoms with Gasteiger partial charge in [0.2, 0.25) is 0 Å². The van der Waals surface area contributed by atoms with Crippen LogP contribution < -0.4 is 14.8 Å². The predicted octanol–water partition coefficient (Wildman–Crippen LogP) is 4.76. The summed E-state index contributed by atoms with van der Waals surface area (Å²) >= 11 is 0. The number of anilines is 2. The third-order valence-corrected chi connectivity index (χ3v) is 5.32. The van der Waals surface area contributed by atoms with E-state index in [1.807, 2.05) is 4.90 Å². The van der Waals surface area contributed by atoms with Gasteiger partial charge in [0.1, 0.15) is 17.3 Å². The number of fused-ring (bicyclic) bond motifs is 1. The number of halogens is 1. The molecule has 0 radical (unpaired) electrons. The number of ether oxygens (including phenoxy) is 2. The number of rotatable bonds is 5. The highest BCUT2D eigenvalue weighted by Gasteiger charge is 2.23. The fourth-order valence-electron chi connectivity index (χ4n) is 3.75. The van der Waals surface area contributed by atoms with E-state index in [0.29, 0.717) is 52.4 Å². The Kier molecular flexibility index (Phi) is 5.70. The molecule has 0 saturated carbocycles. The molecular formula is C23H24FN3O3. The molecule has 1 fully saturated rings. The maximum Gasteiger partial charge on any atom is 0.257 e. The Balaban J connectivity index is 1.83. The second-order valence-corrected chi connectivity index (χ2v) is 7.29. The topological polar surface area (TPSA) is 63.7 Å². The minimum absolute atomic E-state index is 0.106. The highest BCUT2D eigenvalue weighted by Crippen LogP contribution is 2.34. The van der Waals surface area contributed by atoms with Crippen molar-refractivity contribution in [1.82, 2.24) is 9.88 Å². The molecule has 30 heavy (non-hydrogen) atoms. The van der Waals surface area contributed by atoms with E-state index >= 15 is 0 Å². The minimum Gasteiger partial charge on any atom is -0.497 e. The van der Waals surface area contributed by atoms with Crippen molar-refractivity contribution in [1.29, 1.82) is 0 Å². The molecule has 2 aromatic carbocycles. The standard InChI is InChI=1S/C23H24FN3O3/c1-29-17-11-16(12-18(13-17)30-2)26-22-19-10-15(24)6-7-21(19)25-14-20(22)23(28)27-8-4-3-5-9-27/h6-7,10-14H,3-5,8-9H2,1-2H3,(H,25,26). The smallest absolute Gasteiger partial charge is 0.257 e. The van der Waals surface area contributed by atoms with E-state index < -0.39 is 5.82 Å². The number of hydrogen-bond donors (Lipinski definition) is 1. The maximum atomic E-state index is 14.1. The SMILES string of the molecule is COc1cc(Nc2c(C(=O)N3CCCCC3)cnc3ccc(F)cc23)cc(OC)c1. The number of amides is 1. The van der Waals surface area contributed by atoms with E-state index in [4.69, 9.17) is 9.47 Å². The molecule has 1 amide bonds. The first-order chi connectivity index (χ1) is 14.6. The first-order valence-electron chi connectivity index (χ1n) is 9.96. The molecular weight excluding hydrogens is 385 g/mol. The van der Waals surface area contributed by atoms with E-state index in [9.17, 15) is 9.18 Å². The molecule has 2 heterocycles. The number of carbonyl (C=O) groups is 1. The van der Waals surface area contributed by atoms with E-state index in [-0.39, 0.29) is 5.91 Å². The number of piperidine rings is 1. The highest BCUT2D eigenvalue weighted by molar-refractivity contribution is 6.08. The van der Waals surface area contributed by atoms with Gasteiger partial charge in [-0.15, -0.1) is 0 Å². The molecule has 6 nitrogen and oxygen atoms in total. The third-order valence-electron chi connectivity index (χ3n) is 5.32. The van der Waals surface area contributed by atoms with Crippen LogP contribution in [0.1, 0.15) is 29.6 Å². The minimum atomic E-state index is -0.391. The number of nitrogens with zero attached hydrogens (tertiary/aromatic N) is 2. The molecule has 1 aliphatic heterocycles. The van der Waals surface area contributed by atoms with Crippen LogP contribution in [0.4, 0.5) is 15.8 Å². The van der Waals surface area contributed by atoms with E-state index in [2.05, 4.69) is 10.3 Å². The number of benzene rings is 2. The van der Waals surface area contributed by atoms with Gasteiger partial charge >= 0.3 is 0 Å². The molecule has 7 heteroatoms. The average Bonchev–Trinajstić information content (AvgIpc) is 2.79. The lowest BCUT2D eigenvalue weighted by molar-refractivity contribution is 0.0725. The van der Waals surface area contributed by atoms with Crippen LogP contribution in [0, 0.1) is 5.82 Å². The van der Waals surface area contributed by atoms with Gasteiger partial charge in [0, 0.05) is 48.6 Å². The van der Waals surface area contributed by atoms with Gasteiger partial charge < -0.3 is 19.7 Å². The second kappa shape index (κ2) is 8.57. The summed E-state index contributed by atoms with van der Waals surface area (Å²) in [5.41, 5.74) is 2.20. The van der Waals surface area contributed by atoms with Crippen molar-refractivity contribution in [3.63, 3.8) is 0 Å². The number of pyridine rings is 1. The summed E-state index contributed by atoms with van der Waals surface area (Å²) in [5, 5.41) is 3.84. The van der Waals surface area contributed by atoms with E-state index in [1.165, 1.54) is 12.1 Å². The quantitative estimate of drug-likeness (QED) is 0.658. The Labute approximate surface area is 174 Å². The van der Waals surface area contributed by atoms with Crippen molar-refractivity contribution in [3.8, 4) is 11.5 Å². The Morgan fingerprint density at radius 3 is 2.40 bits per heavy atom. The second-order valence-electron chi connectivity index (χ2n) is 7.29.